The van der Waals surface area contributed by atoms with Gasteiger partial charge in [-0.05, 0) is 45.7 Å². The maximum absolute atomic E-state index is 12.9. The van der Waals surface area contributed by atoms with E-state index in [0.717, 1.165) is 29.9 Å². The number of aryl methyl sites for hydroxylation is 3. The van der Waals surface area contributed by atoms with Crippen LogP contribution in [0.1, 0.15) is 43.3 Å². The molecule has 2 atom stereocenters. The van der Waals surface area contributed by atoms with Gasteiger partial charge in [0.15, 0.2) is 6.10 Å². The van der Waals surface area contributed by atoms with Gasteiger partial charge in [-0.2, -0.15) is 5.10 Å². The van der Waals surface area contributed by atoms with Crippen LogP contribution >= 0.6 is 0 Å². The minimum Gasteiger partial charge on any atom is -0.356 e. The average Bonchev–Trinajstić information content (AvgIpc) is 3.02. The van der Waals surface area contributed by atoms with Crippen molar-refractivity contribution in [2.45, 2.75) is 58.8 Å². The van der Waals surface area contributed by atoms with Crippen molar-refractivity contribution in [1.29, 1.82) is 0 Å². The second kappa shape index (κ2) is 9.22. The lowest BCUT2D eigenvalue weighted by Crippen LogP contribution is -2.56. The molecule has 1 aromatic heterocycles. The molecule has 156 valence electrons. The molecule has 1 saturated heterocycles. The molecule has 1 fully saturated rings. The smallest absolute Gasteiger partial charge is 0.251 e. The van der Waals surface area contributed by atoms with E-state index in [1.165, 1.54) is 0 Å². The first-order chi connectivity index (χ1) is 13.9. The predicted molar refractivity (Wildman–Crippen MR) is 110 cm³/mol. The lowest BCUT2D eigenvalue weighted by Gasteiger charge is -2.42. The fourth-order valence-electron chi connectivity index (χ4n) is 3.88. The molecule has 29 heavy (non-hydrogen) atoms. The number of amides is 2. The molecule has 1 aromatic carbocycles. The van der Waals surface area contributed by atoms with E-state index in [4.69, 9.17) is 4.74 Å². The molecule has 0 aliphatic carbocycles. The largest absolute Gasteiger partial charge is 0.356 e. The maximum atomic E-state index is 12.9. The Morgan fingerprint density at radius 2 is 2.00 bits per heavy atom. The standard InChI is InChI=1S/C22H30N4O3/c1-15(2)26-19(27)14-29-21(20(26)18-9-6-5-7-10-18)22(28)23-11-8-12-25-17(4)13-16(3)24-25/h5-7,9-10,13,15,20-21H,8,11-12,14H2,1-4H3,(H,23,28)/t20-,21+/m1/s1. The van der Waals surface area contributed by atoms with Gasteiger partial charge in [0.2, 0.25) is 5.91 Å². The Bertz CT molecular complexity index is 847. The van der Waals surface area contributed by atoms with E-state index in [1.807, 2.05) is 68.8 Å². The summed E-state index contributed by atoms with van der Waals surface area (Å²) in [5, 5.41) is 7.42. The first-order valence-electron chi connectivity index (χ1n) is 10.1. The van der Waals surface area contributed by atoms with Crippen LogP contribution in [0.5, 0.6) is 0 Å². The lowest BCUT2D eigenvalue weighted by atomic mass is 9.96. The van der Waals surface area contributed by atoms with Crippen molar-refractivity contribution in [3.05, 3.63) is 53.3 Å². The van der Waals surface area contributed by atoms with Crippen molar-refractivity contribution in [1.82, 2.24) is 20.0 Å². The highest BCUT2D eigenvalue weighted by molar-refractivity contribution is 5.86. The van der Waals surface area contributed by atoms with Gasteiger partial charge in [-0.3, -0.25) is 14.3 Å². The van der Waals surface area contributed by atoms with Crippen LogP contribution in [0.3, 0.4) is 0 Å². The number of carbonyl (C=O) groups is 2. The molecule has 7 nitrogen and oxygen atoms in total. The van der Waals surface area contributed by atoms with Gasteiger partial charge in [-0.15, -0.1) is 0 Å². The summed E-state index contributed by atoms with van der Waals surface area (Å²) in [5.41, 5.74) is 3.00. The second-order valence-electron chi connectivity index (χ2n) is 7.78. The van der Waals surface area contributed by atoms with Gasteiger partial charge in [-0.1, -0.05) is 30.3 Å². The highest BCUT2D eigenvalue weighted by atomic mass is 16.5. The van der Waals surface area contributed by atoms with Crippen LogP contribution in [0.2, 0.25) is 0 Å². The van der Waals surface area contributed by atoms with E-state index in [0.29, 0.717) is 6.54 Å². The van der Waals surface area contributed by atoms with Crippen LogP contribution in [0.25, 0.3) is 0 Å². The maximum Gasteiger partial charge on any atom is 0.251 e. The summed E-state index contributed by atoms with van der Waals surface area (Å²) < 4.78 is 7.67. The van der Waals surface area contributed by atoms with E-state index in [2.05, 4.69) is 10.4 Å². The number of rotatable bonds is 7. The van der Waals surface area contributed by atoms with E-state index in [9.17, 15) is 9.59 Å². The van der Waals surface area contributed by atoms with Crippen molar-refractivity contribution in [2.75, 3.05) is 13.2 Å². The Hall–Kier alpha value is -2.67. The molecular formula is C22H30N4O3. The third kappa shape index (κ3) is 4.85. The molecule has 1 aliphatic heterocycles. The third-order valence-corrected chi connectivity index (χ3v) is 5.17. The number of hydrogen-bond acceptors (Lipinski definition) is 4. The van der Waals surface area contributed by atoms with Gasteiger partial charge >= 0.3 is 0 Å². The number of ether oxygens (including phenoxy) is 1. The van der Waals surface area contributed by atoms with Crippen molar-refractivity contribution >= 4 is 11.8 Å². The summed E-state index contributed by atoms with van der Waals surface area (Å²) in [4.78, 5) is 27.2. The molecule has 0 unspecified atom stereocenters. The molecule has 2 heterocycles. The molecule has 2 amide bonds. The molecule has 7 heteroatoms. The summed E-state index contributed by atoms with van der Waals surface area (Å²) in [6.07, 6.45) is 0.0367. The van der Waals surface area contributed by atoms with Gasteiger partial charge in [0.05, 0.1) is 11.7 Å². The summed E-state index contributed by atoms with van der Waals surface area (Å²) in [6.45, 7) is 9.10. The van der Waals surface area contributed by atoms with Crippen molar-refractivity contribution in [2.24, 2.45) is 0 Å². The quantitative estimate of drug-likeness (QED) is 0.727. The van der Waals surface area contributed by atoms with Gasteiger partial charge < -0.3 is 15.0 Å². The molecular weight excluding hydrogens is 368 g/mol. The number of morpholine rings is 1. The first-order valence-corrected chi connectivity index (χ1v) is 10.1. The predicted octanol–water partition coefficient (Wildman–Crippen LogP) is 2.38. The Labute approximate surface area is 172 Å². The average molecular weight is 399 g/mol. The summed E-state index contributed by atoms with van der Waals surface area (Å²) in [6, 6.07) is 11.2. The zero-order valence-corrected chi connectivity index (χ0v) is 17.6. The molecule has 0 radical (unpaired) electrons. The number of nitrogens with zero attached hydrogens (tertiary/aromatic N) is 3. The van der Waals surface area contributed by atoms with Crippen LogP contribution in [0, 0.1) is 13.8 Å². The van der Waals surface area contributed by atoms with Crippen LogP contribution in [-0.4, -0.2) is 51.8 Å². The zero-order chi connectivity index (χ0) is 21.0. The fourth-order valence-corrected chi connectivity index (χ4v) is 3.88. The summed E-state index contributed by atoms with van der Waals surface area (Å²) in [7, 11) is 0. The Morgan fingerprint density at radius 1 is 1.28 bits per heavy atom. The van der Waals surface area contributed by atoms with Crippen molar-refractivity contribution in [3.8, 4) is 0 Å². The van der Waals surface area contributed by atoms with Gasteiger partial charge in [0, 0.05) is 24.8 Å². The number of nitrogens with one attached hydrogen (secondary N) is 1. The topological polar surface area (TPSA) is 76.5 Å². The van der Waals surface area contributed by atoms with Crippen LogP contribution in [-0.2, 0) is 20.9 Å². The third-order valence-electron chi connectivity index (χ3n) is 5.17. The van der Waals surface area contributed by atoms with Crippen LogP contribution in [0.15, 0.2) is 36.4 Å². The van der Waals surface area contributed by atoms with Crippen LogP contribution < -0.4 is 5.32 Å². The molecule has 1 aliphatic rings. The fraction of sp³-hybridized carbons (Fsp3) is 0.500. The number of aromatic nitrogens is 2. The Morgan fingerprint density at radius 3 is 2.62 bits per heavy atom. The SMILES string of the molecule is Cc1cc(C)n(CCCNC(=O)[C@H]2OCC(=O)N(C(C)C)[C@@H]2c2ccccc2)n1. The number of hydrogen-bond donors (Lipinski definition) is 1. The Balaban J connectivity index is 1.67. The van der Waals surface area contributed by atoms with Gasteiger partial charge in [0.25, 0.3) is 5.91 Å². The summed E-state index contributed by atoms with van der Waals surface area (Å²) in [5.74, 6) is -0.284. The second-order valence-corrected chi connectivity index (χ2v) is 7.78. The highest BCUT2D eigenvalue weighted by Crippen LogP contribution is 2.32. The molecule has 2 aromatic rings. The van der Waals surface area contributed by atoms with Crippen LogP contribution in [0.4, 0.5) is 0 Å². The van der Waals surface area contributed by atoms with Crippen molar-refractivity contribution in [3.63, 3.8) is 0 Å². The Kier molecular flexibility index (Phi) is 6.69. The van der Waals surface area contributed by atoms with E-state index in [-0.39, 0.29) is 24.5 Å². The monoisotopic (exact) mass is 398 g/mol. The van der Waals surface area contributed by atoms with E-state index in [1.54, 1.807) is 4.90 Å². The van der Waals surface area contributed by atoms with E-state index < -0.39 is 12.1 Å². The highest BCUT2D eigenvalue weighted by Gasteiger charge is 2.42. The number of carbonyl (C=O) groups excluding carboxylic acids is 2. The number of benzene rings is 1. The molecule has 1 N–H and O–H groups in total. The van der Waals surface area contributed by atoms with E-state index >= 15 is 0 Å². The minimum absolute atomic E-state index is 0.0297. The normalized spacial score (nSPS) is 19.6. The molecule has 0 bridgehead atoms. The first kappa shape index (κ1) is 21.0. The minimum atomic E-state index is -0.730. The molecule has 3 rings (SSSR count). The van der Waals surface area contributed by atoms with Gasteiger partial charge in [-0.25, -0.2) is 0 Å². The van der Waals surface area contributed by atoms with Crippen molar-refractivity contribution < 1.29 is 14.3 Å². The molecule has 0 saturated carbocycles. The van der Waals surface area contributed by atoms with Gasteiger partial charge in [0.1, 0.15) is 6.61 Å². The summed E-state index contributed by atoms with van der Waals surface area (Å²) >= 11 is 0. The lowest BCUT2D eigenvalue weighted by molar-refractivity contribution is -0.167. The zero-order valence-electron chi connectivity index (χ0n) is 17.6. The molecule has 0 spiro atoms.